The van der Waals surface area contributed by atoms with Gasteiger partial charge in [-0.05, 0) is 37.8 Å². The molecule has 0 bridgehead atoms. The van der Waals surface area contributed by atoms with Crippen molar-refractivity contribution in [3.05, 3.63) is 23.9 Å². The predicted octanol–water partition coefficient (Wildman–Crippen LogP) is 2.03. The molecule has 0 spiro atoms. The third-order valence-corrected chi connectivity index (χ3v) is 3.47. The number of pyridine rings is 1. The Balaban J connectivity index is 1.89. The van der Waals surface area contributed by atoms with E-state index in [4.69, 9.17) is 10.5 Å². The van der Waals surface area contributed by atoms with Gasteiger partial charge in [0.05, 0.1) is 18.4 Å². The van der Waals surface area contributed by atoms with E-state index in [1.807, 2.05) is 18.2 Å². The fourth-order valence-electron chi connectivity index (χ4n) is 2.38. The first-order valence-electron chi connectivity index (χ1n) is 6.77. The van der Waals surface area contributed by atoms with Crippen molar-refractivity contribution >= 4 is 0 Å². The first-order valence-corrected chi connectivity index (χ1v) is 6.77. The van der Waals surface area contributed by atoms with Crippen LogP contribution in [0.4, 0.5) is 0 Å². The molecule has 4 nitrogen and oxygen atoms in total. The SMILES string of the molecule is NCC[C@@H](O)c1cccc(OCC2CCCC2)n1. The van der Waals surface area contributed by atoms with Crippen molar-refractivity contribution in [1.82, 2.24) is 4.98 Å². The molecular formula is C14H22N2O2. The molecule has 0 saturated heterocycles. The van der Waals surface area contributed by atoms with Gasteiger partial charge >= 0.3 is 0 Å². The highest BCUT2D eigenvalue weighted by Crippen LogP contribution is 2.25. The van der Waals surface area contributed by atoms with Crippen LogP contribution in [0.3, 0.4) is 0 Å². The number of aliphatic hydroxyl groups excluding tert-OH is 1. The number of hydrogen-bond donors (Lipinski definition) is 2. The number of hydrogen-bond acceptors (Lipinski definition) is 4. The average molecular weight is 250 g/mol. The maximum Gasteiger partial charge on any atom is 0.213 e. The third kappa shape index (κ3) is 3.68. The zero-order valence-corrected chi connectivity index (χ0v) is 10.7. The topological polar surface area (TPSA) is 68.4 Å². The zero-order chi connectivity index (χ0) is 12.8. The van der Waals surface area contributed by atoms with Crippen LogP contribution < -0.4 is 10.5 Å². The van der Waals surface area contributed by atoms with Gasteiger partial charge in [0.2, 0.25) is 5.88 Å². The van der Waals surface area contributed by atoms with Gasteiger partial charge in [0.1, 0.15) is 0 Å². The van der Waals surface area contributed by atoms with Crippen LogP contribution in [0, 0.1) is 5.92 Å². The van der Waals surface area contributed by atoms with Crippen LogP contribution >= 0.6 is 0 Å². The number of nitrogens with two attached hydrogens (primary N) is 1. The molecule has 1 atom stereocenters. The van der Waals surface area contributed by atoms with Crippen LogP contribution in [-0.4, -0.2) is 23.2 Å². The summed E-state index contributed by atoms with van der Waals surface area (Å²) in [5.41, 5.74) is 6.07. The van der Waals surface area contributed by atoms with E-state index in [2.05, 4.69) is 4.98 Å². The summed E-state index contributed by atoms with van der Waals surface area (Å²) in [6.07, 6.45) is 5.09. The Bertz CT molecular complexity index is 365. The minimum absolute atomic E-state index is 0.454. The lowest BCUT2D eigenvalue weighted by molar-refractivity contribution is 0.163. The van der Waals surface area contributed by atoms with Crippen molar-refractivity contribution in [2.45, 2.75) is 38.2 Å². The van der Waals surface area contributed by atoms with Crippen LogP contribution in [0.25, 0.3) is 0 Å². The van der Waals surface area contributed by atoms with Crippen molar-refractivity contribution in [2.75, 3.05) is 13.2 Å². The molecule has 1 aromatic heterocycles. The Labute approximate surface area is 108 Å². The normalized spacial score (nSPS) is 17.9. The quantitative estimate of drug-likeness (QED) is 0.810. The highest BCUT2D eigenvalue weighted by Gasteiger charge is 2.16. The van der Waals surface area contributed by atoms with E-state index in [0.29, 0.717) is 30.5 Å². The molecule has 0 radical (unpaired) electrons. The highest BCUT2D eigenvalue weighted by atomic mass is 16.5. The molecule has 2 rings (SSSR count). The summed E-state index contributed by atoms with van der Waals surface area (Å²) in [7, 11) is 0. The average Bonchev–Trinajstić information content (AvgIpc) is 2.90. The smallest absolute Gasteiger partial charge is 0.213 e. The number of aliphatic hydroxyl groups is 1. The molecule has 1 aliphatic rings. The van der Waals surface area contributed by atoms with Gasteiger partial charge in [-0.25, -0.2) is 4.98 Å². The predicted molar refractivity (Wildman–Crippen MR) is 70.3 cm³/mol. The number of rotatable bonds is 6. The monoisotopic (exact) mass is 250 g/mol. The summed E-state index contributed by atoms with van der Waals surface area (Å²) in [5.74, 6) is 1.28. The highest BCUT2D eigenvalue weighted by molar-refractivity contribution is 5.17. The first-order chi connectivity index (χ1) is 8.79. The van der Waals surface area contributed by atoms with E-state index in [1.54, 1.807) is 0 Å². The third-order valence-electron chi connectivity index (χ3n) is 3.47. The minimum atomic E-state index is -0.593. The van der Waals surface area contributed by atoms with E-state index >= 15 is 0 Å². The van der Waals surface area contributed by atoms with Crippen molar-refractivity contribution in [2.24, 2.45) is 11.7 Å². The maximum absolute atomic E-state index is 9.83. The molecule has 0 amide bonds. The molecule has 4 heteroatoms. The second-order valence-electron chi connectivity index (χ2n) is 4.96. The molecule has 1 heterocycles. The Kier molecular flexibility index (Phi) is 4.96. The second-order valence-corrected chi connectivity index (χ2v) is 4.96. The Hall–Kier alpha value is -1.13. The van der Waals surface area contributed by atoms with E-state index in [0.717, 1.165) is 6.61 Å². The van der Waals surface area contributed by atoms with Crippen molar-refractivity contribution in [3.63, 3.8) is 0 Å². The van der Waals surface area contributed by atoms with E-state index in [9.17, 15) is 5.11 Å². The molecule has 1 fully saturated rings. The number of aromatic nitrogens is 1. The molecule has 0 aromatic carbocycles. The first kappa shape index (κ1) is 13.3. The molecule has 0 unspecified atom stereocenters. The largest absolute Gasteiger partial charge is 0.477 e. The summed E-state index contributed by atoms with van der Waals surface area (Å²) in [4.78, 5) is 4.32. The summed E-state index contributed by atoms with van der Waals surface area (Å²) in [6.45, 7) is 1.19. The molecule has 3 N–H and O–H groups in total. The van der Waals surface area contributed by atoms with Gasteiger partial charge in [-0.1, -0.05) is 18.9 Å². The lowest BCUT2D eigenvalue weighted by Gasteiger charge is -2.13. The summed E-state index contributed by atoms with van der Waals surface area (Å²) >= 11 is 0. The number of nitrogens with zero attached hydrogens (tertiary/aromatic N) is 1. The van der Waals surface area contributed by atoms with E-state index < -0.39 is 6.10 Å². The minimum Gasteiger partial charge on any atom is -0.477 e. The fraction of sp³-hybridized carbons (Fsp3) is 0.643. The molecule has 100 valence electrons. The maximum atomic E-state index is 9.83. The van der Waals surface area contributed by atoms with E-state index in [1.165, 1.54) is 25.7 Å². The molecule has 1 aliphatic carbocycles. The van der Waals surface area contributed by atoms with Gasteiger partial charge in [0.25, 0.3) is 0 Å². The lowest BCUT2D eigenvalue weighted by Crippen LogP contribution is -2.11. The summed E-state index contributed by atoms with van der Waals surface area (Å²) in [6, 6.07) is 5.52. The Morgan fingerprint density at radius 2 is 2.17 bits per heavy atom. The van der Waals surface area contributed by atoms with Crippen LogP contribution in [0.2, 0.25) is 0 Å². The number of ether oxygens (including phenoxy) is 1. The van der Waals surface area contributed by atoms with Crippen LogP contribution in [-0.2, 0) is 0 Å². The lowest BCUT2D eigenvalue weighted by atomic mass is 10.1. The van der Waals surface area contributed by atoms with Crippen LogP contribution in [0.5, 0.6) is 5.88 Å². The second kappa shape index (κ2) is 6.71. The van der Waals surface area contributed by atoms with Gasteiger partial charge in [-0.15, -0.1) is 0 Å². The molecule has 1 aromatic rings. The summed E-state index contributed by atoms with van der Waals surface area (Å²) in [5, 5.41) is 9.83. The van der Waals surface area contributed by atoms with E-state index in [-0.39, 0.29) is 0 Å². The van der Waals surface area contributed by atoms with Gasteiger partial charge in [-0.2, -0.15) is 0 Å². The van der Waals surface area contributed by atoms with Gasteiger partial charge in [0, 0.05) is 6.07 Å². The molecule has 1 saturated carbocycles. The standard InChI is InChI=1S/C14H22N2O2/c15-9-8-13(17)12-6-3-7-14(16-12)18-10-11-4-1-2-5-11/h3,6-7,11,13,17H,1-2,4-5,8-10,15H2/t13-/m1/s1. The van der Waals surface area contributed by atoms with Crippen LogP contribution in [0.1, 0.15) is 43.9 Å². The van der Waals surface area contributed by atoms with Crippen molar-refractivity contribution in [1.29, 1.82) is 0 Å². The molecular weight excluding hydrogens is 228 g/mol. The molecule has 18 heavy (non-hydrogen) atoms. The van der Waals surface area contributed by atoms with Crippen molar-refractivity contribution < 1.29 is 9.84 Å². The Morgan fingerprint density at radius 1 is 1.39 bits per heavy atom. The Morgan fingerprint density at radius 3 is 2.89 bits per heavy atom. The molecule has 0 aliphatic heterocycles. The fourth-order valence-corrected chi connectivity index (χ4v) is 2.38. The van der Waals surface area contributed by atoms with Crippen molar-refractivity contribution in [3.8, 4) is 5.88 Å². The van der Waals surface area contributed by atoms with Gasteiger partial charge < -0.3 is 15.6 Å². The summed E-state index contributed by atoms with van der Waals surface area (Å²) < 4.78 is 5.71. The van der Waals surface area contributed by atoms with Gasteiger partial charge in [-0.3, -0.25) is 0 Å². The van der Waals surface area contributed by atoms with Gasteiger partial charge in [0.15, 0.2) is 0 Å². The zero-order valence-electron chi connectivity index (χ0n) is 10.7. The van der Waals surface area contributed by atoms with Crippen LogP contribution in [0.15, 0.2) is 18.2 Å².